The van der Waals surface area contributed by atoms with E-state index in [4.69, 9.17) is 0 Å². The molecule has 0 saturated carbocycles. The number of amides is 2. The van der Waals surface area contributed by atoms with Crippen LogP contribution >= 0.6 is 0 Å². The fraction of sp³-hybridized carbons (Fsp3) is 0.467. The Bertz CT molecular complexity index is 603. The van der Waals surface area contributed by atoms with E-state index in [0.717, 1.165) is 12.1 Å². The third-order valence-corrected chi connectivity index (χ3v) is 4.08. The van der Waals surface area contributed by atoms with Crippen LogP contribution in [0, 0.1) is 5.82 Å². The first kappa shape index (κ1) is 14.0. The molecule has 0 spiro atoms. The predicted octanol–water partition coefficient (Wildman–Crippen LogP) is 1.14. The molecular weight excluding hydrogens is 273 g/mol. The number of carbonyl (C=O) groups excluding carboxylic acids is 2. The topological polar surface area (TPSA) is 61.4 Å². The number of anilines is 1. The summed E-state index contributed by atoms with van der Waals surface area (Å²) in [6.45, 7) is 3.96. The Hall–Kier alpha value is -1.95. The quantitative estimate of drug-likeness (QED) is 0.816. The van der Waals surface area contributed by atoms with Gasteiger partial charge < -0.3 is 15.5 Å². The molecule has 5 nitrogen and oxygen atoms in total. The Kier molecular flexibility index (Phi) is 3.63. The fourth-order valence-electron chi connectivity index (χ4n) is 2.86. The van der Waals surface area contributed by atoms with Crippen LogP contribution < -0.4 is 10.6 Å². The van der Waals surface area contributed by atoms with Crippen molar-refractivity contribution in [3.8, 4) is 0 Å². The summed E-state index contributed by atoms with van der Waals surface area (Å²) >= 11 is 0. The zero-order valence-electron chi connectivity index (χ0n) is 11.9. The number of benzene rings is 1. The van der Waals surface area contributed by atoms with Crippen LogP contribution in [0.1, 0.15) is 29.3 Å². The van der Waals surface area contributed by atoms with Crippen molar-refractivity contribution < 1.29 is 14.0 Å². The van der Waals surface area contributed by atoms with Gasteiger partial charge in [0.25, 0.3) is 5.91 Å². The van der Waals surface area contributed by atoms with Crippen molar-refractivity contribution in [2.45, 2.75) is 25.8 Å². The highest BCUT2D eigenvalue weighted by molar-refractivity contribution is 5.98. The van der Waals surface area contributed by atoms with Gasteiger partial charge in [0.15, 0.2) is 0 Å². The van der Waals surface area contributed by atoms with Gasteiger partial charge in [-0.05, 0) is 31.0 Å². The summed E-state index contributed by atoms with van der Waals surface area (Å²) in [7, 11) is 0. The van der Waals surface area contributed by atoms with Gasteiger partial charge in [-0.2, -0.15) is 0 Å². The molecule has 0 radical (unpaired) electrons. The number of halogens is 1. The molecule has 1 unspecified atom stereocenters. The van der Waals surface area contributed by atoms with Crippen LogP contribution in [0.15, 0.2) is 12.1 Å². The molecule has 6 heteroatoms. The van der Waals surface area contributed by atoms with Crippen LogP contribution in [-0.2, 0) is 11.2 Å². The van der Waals surface area contributed by atoms with Crippen molar-refractivity contribution in [1.29, 1.82) is 0 Å². The second-order valence-electron chi connectivity index (χ2n) is 5.59. The van der Waals surface area contributed by atoms with Crippen molar-refractivity contribution in [3.05, 3.63) is 29.1 Å². The Labute approximate surface area is 122 Å². The standard InChI is InChI=1S/C15H18FN3O2/c1-9-8-17-4-5-19(9)15(21)11-6-10-2-3-14(20)18-13(10)7-12(11)16/h6-7,9,17H,2-5,8H2,1H3,(H,18,20). The van der Waals surface area contributed by atoms with Gasteiger partial charge in [0.2, 0.25) is 5.91 Å². The monoisotopic (exact) mass is 291 g/mol. The average molecular weight is 291 g/mol. The van der Waals surface area contributed by atoms with E-state index >= 15 is 0 Å². The number of aryl methyl sites for hydroxylation is 1. The zero-order valence-corrected chi connectivity index (χ0v) is 11.9. The van der Waals surface area contributed by atoms with Crippen molar-refractivity contribution >= 4 is 17.5 Å². The lowest BCUT2D eigenvalue weighted by Crippen LogP contribution is -2.52. The molecule has 112 valence electrons. The van der Waals surface area contributed by atoms with Crippen molar-refractivity contribution in [3.63, 3.8) is 0 Å². The molecular formula is C15H18FN3O2. The van der Waals surface area contributed by atoms with E-state index in [1.54, 1.807) is 11.0 Å². The molecule has 1 aromatic carbocycles. The van der Waals surface area contributed by atoms with Gasteiger partial charge >= 0.3 is 0 Å². The van der Waals surface area contributed by atoms with Crippen LogP contribution in [0.2, 0.25) is 0 Å². The Morgan fingerprint density at radius 3 is 2.95 bits per heavy atom. The number of fused-ring (bicyclic) bond motifs is 1. The normalized spacial score (nSPS) is 21.7. The predicted molar refractivity (Wildman–Crippen MR) is 76.7 cm³/mol. The Morgan fingerprint density at radius 2 is 2.19 bits per heavy atom. The Balaban J connectivity index is 1.91. The molecule has 2 N–H and O–H groups in total. The highest BCUT2D eigenvalue weighted by Crippen LogP contribution is 2.27. The van der Waals surface area contributed by atoms with Crippen molar-refractivity contribution in [1.82, 2.24) is 10.2 Å². The van der Waals surface area contributed by atoms with Crippen LogP contribution in [0.3, 0.4) is 0 Å². The largest absolute Gasteiger partial charge is 0.333 e. The molecule has 1 saturated heterocycles. The third kappa shape index (κ3) is 2.63. The number of carbonyl (C=O) groups is 2. The first-order valence-electron chi connectivity index (χ1n) is 7.20. The van der Waals surface area contributed by atoms with Gasteiger partial charge in [0.05, 0.1) is 5.56 Å². The number of piperazine rings is 1. The number of hydrogen-bond acceptors (Lipinski definition) is 3. The lowest BCUT2D eigenvalue weighted by atomic mass is 9.99. The van der Waals surface area contributed by atoms with Gasteiger partial charge in [0, 0.05) is 37.8 Å². The van der Waals surface area contributed by atoms with E-state index in [9.17, 15) is 14.0 Å². The number of nitrogens with one attached hydrogen (secondary N) is 2. The van der Waals surface area contributed by atoms with Crippen LogP contribution in [0.25, 0.3) is 0 Å². The van der Waals surface area contributed by atoms with E-state index in [2.05, 4.69) is 10.6 Å². The first-order valence-corrected chi connectivity index (χ1v) is 7.20. The summed E-state index contributed by atoms with van der Waals surface area (Å²) in [6.07, 6.45) is 0.912. The van der Waals surface area contributed by atoms with Gasteiger partial charge in [-0.25, -0.2) is 4.39 Å². The van der Waals surface area contributed by atoms with E-state index < -0.39 is 5.82 Å². The second-order valence-corrected chi connectivity index (χ2v) is 5.59. The van der Waals surface area contributed by atoms with E-state index in [-0.39, 0.29) is 23.4 Å². The fourth-order valence-corrected chi connectivity index (χ4v) is 2.86. The van der Waals surface area contributed by atoms with Gasteiger partial charge in [-0.3, -0.25) is 9.59 Å². The molecule has 2 heterocycles. The SMILES string of the molecule is CC1CNCCN1C(=O)c1cc2c(cc1F)NC(=O)CC2. The van der Waals surface area contributed by atoms with E-state index in [1.807, 2.05) is 6.92 Å². The minimum absolute atomic E-state index is 0.0429. The third-order valence-electron chi connectivity index (χ3n) is 4.08. The lowest BCUT2D eigenvalue weighted by molar-refractivity contribution is -0.116. The molecule has 0 bridgehead atoms. The number of hydrogen-bond donors (Lipinski definition) is 2. The summed E-state index contributed by atoms with van der Waals surface area (Å²) < 4.78 is 14.2. The minimum Gasteiger partial charge on any atom is -0.333 e. The highest BCUT2D eigenvalue weighted by Gasteiger charge is 2.27. The maximum atomic E-state index is 14.2. The molecule has 1 aromatic rings. The summed E-state index contributed by atoms with van der Waals surface area (Å²) in [6, 6.07) is 2.88. The Morgan fingerprint density at radius 1 is 1.38 bits per heavy atom. The molecule has 0 aliphatic carbocycles. The number of rotatable bonds is 1. The number of nitrogens with zero attached hydrogens (tertiary/aromatic N) is 1. The summed E-state index contributed by atoms with van der Waals surface area (Å²) in [4.78, 5) is 25.6. The van der Waals surface area contributed by atoms with E-state index in [0.29, 0.717) is 31.6 Å². The molecule has 1 fully saturated rings. The zero-order chi connectivity index (χ0) is 15.0. The summed E-state index contributed by atoms with van der Waals surface area (Å²) in [5.74, 6) is -0.968. The maximum absolute atomic E-state index is 14.2. The van der Waals surface area contributed by atoms with Gasteiger partial charge in [-0.15, -0.1) is 0 Å². The molecule has 2 aliphatic rings. The highest BCUT2D eigenvalue weighted by atomic mass is 19.1. The average Bonchev–Trinajstić information content (AvgIpc) is 2.46. The molecule has 3 rings (SSSR count). The second kappa shape index (κ2) is 5.44. The van der Waals surface area contributed by atoms with Gasteiger partial charge in [-0.1, -0.05) is 0 Å². The van der Waals surface area contributed by atoms with Crippen molar-refractivity contribution in [2.75, 3.05) is 25.0 Å². The van der Waals surface area contributed by atoms with Crippen LogP contribution in [-0.4, -0.2) is 42.4 Å². The van der Waals surface area contributed by atoms with Crippen LogP contribution in [0.5, 0.6) is 0 Å². The summed E-state index contributed by atoms with van der Waals surface area (Å²) in [5.41, 5.74) is 1.40. The van der Waals surface area contributed by atoms with Gasteiger partial charge in [0.1, 0.15) is 5.82 Å². The molecule has 2 amide bonds. The smallest absolute Gasteiger partial charge is 0.257 e. The lowest BCUT2D eigenvalue weighted by Gasteiger charge is -2.34. The molecule has 21 heavy (non-hydrogen) atoms. The molecule has 0 aromatic heterocycles. The molecule has 1 atom stereocenters. The first-order chi connectivity index (χ1) is 10.1. The summed E-state index contributed by atoms with van der Waals surface area (Å²) in [5, 5.41) is 5.85. The molecule has 2 aliphatic heterocycles. The maximum Gasteiger partial charge on any atom is 0.257 e. The minimum atomic E-state index is -0.577. The van der Waals surface area contributed by atoms with E-state index in [1.165, 1.54) is 6.07 Å². The van der Waals surface area contributed by atoms with Crippen molar-refractivity contribution in [2.24, 2.45) is 0 Å². The van der Waals surface area contributed by atoms with Crippen LogP contribution in [0.4, 0.5) is 10.1 Å².